The normalized spacial score (nSPS) is 10.8. The number of anilines is 1. The summed E-state index contributed by atoms with van der Waals surface area (Å²) in [5.41, 5.74) is 1.09. The number of amides is 1. The number of ether oxygens (including phenoxy) is 2. The van der Waals surface area contributed by atoms with Crippen molar-refractivity contribution in [2.45, 2.75) is 12.1 Å². The highest BCUT2D eigenvalue weighted by molar-refractivity contribution is 7.99. The van der Waals surface area contributed by atoms with E-state index in [4.69, 9.17) is 14.5 Å². The van der Waals surface area contributed by atoms with Crippen LogP contribution in [-0.4, -0.2) is 35.4 Å². The van der Waals surface area contributed by atoms with Crippen LogP contribution in [0.4, 0.5) is 5.69 Å². The summed E-state index contributed by atoms with van der Waals surface area (Å²) in [6, 6.07) is 16.3. The van der Waals surface area contributed by atoms with Gasteiger partial charge in [0.25, 0.3) is 5.56 Å². The van der Waals surface area contributed by atoms with Gasteiger partial charge in [0.1, 0.15) is 16.3 Å². The molecular weight excluding hydrogens is 446 g/mol. The first kappa shape index (κ1) is 21.9. The molecule has 2 heterocycles. The third kappa shape index (κ3) is 4.49. The van der Waals surface area contributed by atoms with E-state index in [9.17, 15) is 9.59 Å². The van der Waals surface area contributed by atoms with E-state index in [1.165, 1.54) is 30.2 Å². The lowest BCUT2D eigenvalue weighted by atomic mass is 10.2. The van der Waals surface area contributed by atoms with E-state index in [0.29, 0.717) is 38.2 Å². The minimum absolute atomic E-state index is 0.0737. The van der Waals surface area contributed by atoms with Gasteiger partial charge in [0.15, 0.2) is 5.16 Å². The zero-order valence-corrected chi connectivity index (χ0v) is 19.4. The number of aryl methyl sites for hydroxylation is 1. The molecule has 4 aromatic rings. The molecule has 2 aromatic heterocycles. The van der Waals surface area contributed by atoms with Crippen molar-refractivity contribution >= 4 is 44.9 Å². The standard InChI is InChI=1S/C23H21N3O4S2/c1-14-11-17-21(32-14)25-23(26(22(17)28)15-7-5-4-6-8-15)31-13-20(27)24-18-10-9-16(29-2)12-19(18)30-3/h4-12H,13H2,1-3H3,(H,24,27). The molecule has 1 N–H and O–H groups in total. The molecule has 0 saturated heterocycles. The van der Waals surface area contributed by atoms with E-state index >= 15 is 0 Å². The summed E-state index contributed by atoms with van der Waals surface area (Å²) in [5.74, 6) is 0.960. The highest BCUT2D eigenvalue weighted by Gasteiger charge is 2.17. The monoisotopic (exact) mass is 467 g/mol. The summed E-state index contributed by atoms with van der Waals surface area (Å²) in [7, 11) is 3.09. The fourth-order valence-electron chi connectivity index (χ4n) is 3.20. The molecule has 7 nitrogen and oxygen atoms in total. The highest BCUT2D eigenvalue weighted by atomic mass is 32.2. The molecule has 0 unspecified atom stereocenters. The number of thiophene rings is 1. The van der Waals surface area contributed by atoms with E-state index in [1.807, 2.05) is 43.3 Å². The second-order valence-corrected chi connectivity index (χ2v) is 9.03. The number of nitrogens with one attached hydrogen (secondary N) is 1. The van der Waals surface area contributed by atoms with Gasteiger partial charge < -0.3 is 14.8 Å². The Morgan fingerprint density at radius 2 is 1.91 bits per heavy atom. The molecule has 32 heavy (non-hydrogen) atoms. The number of benzene rings is 2. The zero-order valence-electron chi connectivity index (χ0n) is 17.7. The maximum Gasteiger partial charge on any atom is 0.267 e. The number of fused-ring (bicyclic) bond motifs is 1. The summed E-state index contributed by atoms with van der Waals surface area (Å²) >= 11 is 2.67. The van der Waals surface area contributed by atoms with Crippen molar-refractivity contribution in [3.05, 3.63) is 69.8 Å². The number of nitrogens with zero attached hydrogens (tertiary/aromatic N) is 2. The van der Waals surface area contributed by atoms with Crippen molar-refractivity contribution in [1.82, 2.24) is 9.55 Å². The molecule has 0 radical (unpaired) electrons. The number of carbonyl (C=O) groups is 1. The molecule has 0 atom stereocenters. The van der Waals surface area contributed by atoms with E-state index in [0.717, 1.165) is 4.88 Å². The Morgan fingerprint density at radius 1 is 1.12 bits per heavy atom. The SMILES string of the molecule is COc1ccc(NC(=O)CSc2nc3sc(C)cc3c(=O)n2-c2ccccc2)c(OC)c1. The summed E-state index contributed by atoms with van der Waals surface area (Å²) in [4.78, 5) is 32.3. The maximum atomic E-state index is 13.2. The lowest BCUT2D eigenvalue weighted by molar-refractivity contribution is -0.113. The Balaban J connectivity index is 1.62. The van der Waals surface area contributed by atoms with Crippen molar-refractivity contribution in [3.8, 4) is 17.2 Å². The van der Waals surface area contributed by atoms with Gasteiger partial charge >= 0.3 is 0 Å². The molecule has 1 amide bonds. The number of rotatable bonds is 7. The fraction of sp³-hybridized carbons (Fsp3) is 0.174. The molecule has 164 valence electrons. The van der Waals surface area contributed by atoms with Gasteiger partial charge in [-0.25, -0.2) is 4.98 Å². The van der Waals surface area contributed by atoms with Crippen molar-refractivity contribution < 1.29 is 14.3 Å². The number of thioether (sulfide) groups is 1. The van der Waals surface area contributed by atoms with Gasteiger partial charge in [-0.3, -0.25) is 14.2 Å². The maximum absolute atomic E-state index is 13.2. The predicted molar refractivity (Wildman–Crippen MR) is 129 cm³/mol. The van der Waals surface area contributed by atoms with Gasteiger partial charge in [-0.05, 0) is 37.3 Å². The molecule has 0 bridgehead atoms. The molecule has 0 saturated carbocycles. The molecule has 0 fully saturated rings. The van der Waals surface area contributed by atoms with Crippen LogP contribution in [0.25, 0.3) is 15.9 Å². The Labute approximate surface area is 193 Å². The second kappa shape index (κ2) is 9.46. The van der Waals surface area contributed by atoms with E-state index < -0.39 is 0 Å². The van der Waals surface area contributed by atoms with Crippen molar-refractivity contribution in [1.29, 1.82) is 0 Å². The van der Waals surface area contributed by atoms with Gasteiger partial charge in [0.2, 0.25) is 5.91 Å². The molecule has 4 rings (SSSR count). The highest BCUT2D eigenvalue weighted by Crippen LogP contribution is 2.30. The molecular formula is C23H21N3O4S2. The molecule has 0 aliphatic heterocycles. The zero-order chi connectivity index (χ0) is 22.7. The molecule has 9 heteroatoms. The quantitative estimate of drug-likeness (QED) is 0.318. The number of hydrogen-bond donors (Lipinski definition) is 1. The largest absolute Gasteiger partial charge is 0.497 e. The van der Waals surface area contributed by atoms with Gasteiger partial charge in [-0.1, -0.05) is 30.0 Å². The average Bonchev–Trinajstić information content (AvgIpc) is 3.19. The van der Waals surface area contributed by atoms with E-state index in [2.05, 4.69) is 5.32 Å². The first-order chi connectivity index (χ1) is 15.5. The van der Waals surface area contributed by atoms with Gasteiger partial charge in [0, 0.05) is 10.9 Å². The third-order valence-electron chi connectivity index (χ3n) is 4.69. The first-order valence-corrected chi connectivity index (χ1v) is 11.5. The van der Waals surface area contributed by atoms with Crippen molar-refractivity contribution in [3.63, 3.8) is 0 Å². The average molecular weight is 468 g/mol. The number of carbonyl (C=O) groups excluding carboxylic acids is 1. The van der Waals surface area contributed by atoms with Crippen LogP contribution in [0.1, 0.15) is 4.88 Å². The molecule has 0 aliphatic carbocycles. The van der Waals surface area contributed by atoms with Crippen molar-refractivity contribution in [2.75, 3.05) is 25.3 Å². The summed E-state index contributed by atoms with van der Waals surface area (Å²) in [6.07, 6.45) is 0. The number of para-hydroxylation sites is 1. The minimum atomic E-state index is -0.241. The number of hydrogen-bond acceptors (Lipinski definition) is 7. The topological polar surface area (TPSA) is 82.5 Å². The minimum Gasteiger partial charge on any atom is -0.497 e. The van der Waals surface area contributed by atoms with E-state index in [1.54, 1.807) is 29.9 Å². The fourth-order valence-corrected chi connectivity index (χ4v) is 4.94. The van der Waals surface area contributed by atoms with Crippen LogP contribution in [0.3, 0.4) is 0 Å². The van der Waals surface area contributed by atoms with Crippen LogP contribution in [0.15, 0.2) is 64.5 Å². The van der Waals surface area contributed by atoms with Gasteiger partial charge in [0.05, 0.1) is 36.7 Å². The lowest BCUT2D eigenvalue weighted by Crippen LogP contribution is -2.22. The Hall–Kier alpha value is -3.30. The predicted octanol–water partition coefficient (Wildman–Crippen LogP) is 4.50. The lowest BCUT2D eigenvalue weighted by Gasteiger charge is -2.13. The van der Waals surface area contributed by atoms with Crippen LogP contribution in [0.2, 0.25) is 0 Å². The summed E-state index contributed by atoms with van der Waals surface area (Å²) < 4.78 is 12.1. The number of methoxy groups -OCH3 is 2. The van der Waals surface area contributed by atoms with Gasteiger partial charge in [-0.2, -0.15) is 0 Å². The van der Waals surface area contributed by atoms with Crippen LogP contribution in [-0.2, 0) is 4.79 Å². The molecule has 0 aliphatic rings. The van der Waals surface area contributed by atoms with Crippen molar-refractivity contribution in [2.24, 2.45) is 0 Å². The first-order valence-electron chi connectivity index (χ1n) is 9.73. The van der Waals surface area contributed by atoms with Gasteiger partial charge in [-0.15, -0.1) is 11.3 Å². The Bertz CT molecular complexity index is 1330. The van der Waals surface area contributed by atoms with Crippen LogP contribution in [0.5, 0.6) is 11.5 Å². The Kier molecular flexibility index (Phi) is 6.48. The Morgan fingerprint density at radius 3 is 2.62 bits per heavy atom. The number of aromatic nitrogens is 2. The second-order valence-electron chi connectivity index (χ2n) is 6.85. The van der Waals surface area contributed by atoms with E-state index in [-0.39, 0.29) is 17.2 Å². The summed E-state index contributed by atoms with van der Waals surface area (Å²) in [6.45, 7) is 1.95. The van der Waals surface area contributed by atoms with Crippen LogP contribution >= 0.6 is 23.1 Å². The van der Waals surface area contributed by atoms with Crippen LogP contribution in [0, 0.1) is 6.92 Å². The van der Waals surface area contributed by atoms with Crippen LogP contribution < -0.4 is 20.3 Å². The molecule has 0 spiro atoms. The summed E-state index contributed by atoms with van der Waals surface area (Å²) in [5, 5.41) is 3.89. The molecule has 2 aromatic carbocycles. The third-order valence-corrected chi connectivity index (χ3v) is 6.57. The smallest absolute Gasteiger partial charge is 0.267 e.